The van der Waals surface area contributed by atoms with Gasteiger partial charge >= 0.3 is 12.1 Å². The van der Waals surface area contributed by atoms with E-state index in [1.54, 1.807) is 0 Å². The Bertz CT molecular complexity index is 515. The van der Waals surface area contributed by atoms with Crippen molar-refractivity contribution in [1.29, 1.82) is 0 Å². The average molecular weight is 263 g/mol. The molecule has 4 nitrogen and oxygen atoms in total. The number of hydrogen-bond donors (Lipinski definition) is 0. The molecule has 0 N–H and O–H groups in total. The largest absolute Gasteiger partial charge is 0.465 e. The number of alkyl halides is 3. The Morgan fingerprint density at radius 1 is 1.11 bits per heavy atom. The van der Waals surface area contributed by atoms with Crippen molar-refractivity contribution in [2.24, 2.45) is 7.05 Å². The van der Waals surface area contributed by atoms with Crippen LogP contribution >= 0.6 is 0 Å². The van der Waals surface area contributed by atoms with Crippen LogP contribution in [0.15, 0.2) is 0 Å². The third kappa shape index (κ3) is 2.12. The smallest absolute Gasteiger partial charge is 0.454 e. The van der Waals surface area contributed by atoms with Crippen LogP contribution in [0.1, 0.15) is 32.1 Å². The lowest BCUT2D eigenvalue weighted by Crippen LogP contribution is -2.25. The fraction of sp³-hybridized carbons (Fsp3) is 0.455. The second-order valence-electron chi connectivity index (χ2n) is 3.80. The molecule has 0 radical (unpaired) electrons. The second kappa shape index (κ2) is 4.47. The summed E-state index contributed by atoms with van der Waals surface area (Å²) in [6, 6.07) is 0. The molecule has 18 heavy (non-hydrogen) atoms. The molecule has 0 aliphatic rings. The summed E-state index contributed by atoms with van der Waals surface area (Å²) in [5, 5.41) is 0. The molecule has 1 heterocycles. The quantitative estimate of drug-likeness (QED) is 0.607. The Morgan fingerprint density at radius 2 is 1.56 bits per heavy atom. The number of methoxy groups -OCH3 is 1. The van der Waals surface area contributed by atoms with Gasteiger partial charge in [0, 0.05) is 18.4 Å². The van der Waals surface area contributed by atoms with Crippen molar-refractivity contribution in [3.63, 3.8) is 0 Å². The van der Waals surface area contributed by atoms with E-state index in [9.17, 15) is 22.8 Å². The maximum Gasteiger partial charge on any atom is 0.454 e. The Morgan fingerprint density at radius 3 is 1.94 bits per heavy atom. The first-order valence-electron chi connectivity index (χ1n) is 4.98. The van der Waals surface area contributed by atoms with Crippen molar-refractivity contribution < 1.29 is 27.5 Å². The highest BCUT2D eigenvalue weighted by atomic mass is 19.4. The highest BCUT2D eigenvalue weighted by molar-refractivity contribution is 6.10. The fourth-order valence-corrected chi connectivity index (χ4v) is 1.72. The zero-order valence-electron chi connectivity index (χ0n) is 10.3. The summed E-state index contributed by atoms with van der Waals surface area (Å²) >= 11 is 0. The van der Waals surface area contributed by atoms with Crippen LogP contribution in [0, 0.1) is 13.8 Å². The van der Waals surface area contributed by atoms with E-state index in [4.69, 9.17) is 0 Å². The molecule has 0 saturated heterocycles. The standard InChI is InChI=1S/C11H12F3NO3/c1-5-7(9(16)11(12,13)14)8(10(17)18-4)6(2)15(5)3/h1-4H3. The van der Waals surface area contributed by atoms with Gasteiger partial charge in [0.15, 0.2) is 0 Å². The van der Waals surface area contributed by atoms with Gasteiger partial charge < -0.3 is 9.30 Å². The maximum atomic E-state index is 12.5. The second-order valence-corrected chi connectivity index (χ2v) is 3.80. The lowest BCUT2D eigenvalue weighted by molar-refractivity contribution is -0.0886. The highest BCUT2D eigenvalue weighted by Crippen LogP contribution is 2.29. The lowest BCUT2D eigenvalue weighted by atomic mass is 10.0. The molecule has 0 aliphatic heterocycles. The minimum Gasteiger partial charge on any atom is -0.465 e. The zero-order chi connectivity index (χ0) is 14.2. The van der Waals surface area contributed by atoms with Gasteiger partial charge in [-0.25, -0.2) is 4.79 Å². The monoisotopic (exact) mass is 263 g/mol. The zero-order valence-corrected chi connectivity index (χ0v) is 10.3. The summed E-state index contributed by atoms with van der Waals surface area (Å²) in [4.78, 5) is 22.8. The first-order chi connectivity index (χ1) is 8.12. The topological polar surface area (TPSA) is 48.3 Å². The Labute approximate surface area is 101 Å². The predicted molar refractivity (Wildman–Crippen MR) is 56.6 cm³/mol. The van der Waals surface area contributed by atoms with Gasteiger partial charge in [0.25, 0.3) is 5.78 Å². The van der Waals surface area contributed by atoms with Crippen LogP contribution in [-0.4, -0.2) is 29.6 Å². The fourth-order valence-electron chi connectivity index (χ4n) is 1.72. The van der Waals surface area contributed by atoms with Gasteiger partial charge in [-0.3, -0.25) is 4.79 Å². The third-order valence-electron chi connectivity index (χ3n) is 2.85. The van der Waals surface area contributed by atoms with Crippen molar-refractivity contribution in [2.45, 2.75) is 20.0 Å². The van der Waals surface area contributed by atoms with Crippen LogP contribution < -0.4 is 0 Å². The van der Waals surface area contributed by atoms with Gasteiger partial charge in [0.1, 0.15) is 0 Å². The van der Waals surface area contributed by atoms with Gasteiger partial charge in [0.2, 0.25) is 0 Å². The molecular weight excluding hydrogens is 251 g/mol. The van der Waals surface area contributed by atoms with Crippen molar-refractivity contribution in [3.8, 4) is 0 Å². The van der Waals surface area contributed by atoms with E-state index in [1.807, 2.05) is 0 Å². The van der Waals surface area contributed by atoms with E-state index >= 15 is 0 Å². The Kier molecular flexibility index (Phi) is 3.54. The summed E-state index contributed by atoms with van der Waals surface area (Å²) in [5.74, 6) is -2.99. The first-order valence-corrected chi connectivity index (χ1v) is 4.98. The Balaban J connectivity index is 3.58. The molecule has 0 atom stereocenters. The van der Waals surface area contributed by atoms with E-state index in [-0.39, 0.29) is 17.0 Å². The highest BCUT2D eigenvalue weighted by Gasteiger charge is 2.43. The number of nitrogens with zero attached hydrogens (tertiary/aromatic N) is 1. The maximum absolute atomic E-state index is 12.5. The van der Waals surface area contributed by atoms with Crippen LogP contribution in [0.2, 0.25) is 0 Å². The number of carbonyl (C=O) groups is 2. The van der Waals surface area contributed by atoms with Crippen LogP contribution in [0.3, 0.4) is 0 Å². The molecule has 0 aromatic carbocycles. The number of ether oxygens (including phenoxy) is 1. The molecule has 0 saturated carbocycles. The summed E-state index contributed by atoms with van der Waals surface area (Å²) in [5.41, 5.74) is -0.642. The van der Waals surface area contributed by atoms with Crippen LogP contribution in [0.25, 0.3) is 0 Å². The molecule has 0 bridgehead atoms. The van der Waals surface area contributed by atoms with Gasteiger partial charge in [-0.05, 0) is 13.8 Å². The molecule has 0 fully saturated rings. The SMILES string of the molecule is COC(=O)c1c(C(=O)C(F)(F)F)c(C)n(C)c1C. The van der Waals surface area contributed by atoms with Crippen molar-refractivity contribution >= 4 is 11.8 Å². The van der Waals surface area contributed by atoms with E-state index in [0.29, 0.717) is 0 Å². The molecular formula is C11H12F3NO3. The number of rotatable bonds is 2. The number of halogens is 3. The van der Waals surface area contributed by atoms with Crippen molar-refractivity contribution in [3.05, 3.63) is 22.5 Å². The summed E-state index contributed by atoms with van der Waals surface area (Å²) < 4.78 is 43.2. The van der Waals surface area contributed by atoms with Gasteiger partial charge in [-0.1, -0.05) is 0 Å². The van der Waals surface area contributed by atoms with E-state index in [0.717, 1.165) is 7.11 Å². The number of ketones is 1. The molecule has 1 aromatic rings. The van der Waals surface area contributed by atoms with Gasteiger partial charge in [-0.15, -0.1) is 0 Å². The number of Topliss-reactive ketones (excluding diaryl/α,β-unsaturated/α-hetero) is 1. The van der Waals surface area contributed by atoms with Crippen molar-refractivity contribution in [2.75, 3.05) is 7.11 Å². The van der Waals surface area contributed by atoms with Gasteiger partial charge in [0.05, 0.1) is 18.2 Å². The summed E-state index contributed by atoms with van der Waals surface area (Å²) in [6.07, 6.45) is -5.03. The van der Waals surface area contributed by atoms with E-state index in [1.165, 1.54) is 25.5 Å². The molecule has 0 spiro atoms. The van der Waals surface area contributed by atoms with Crippen LogP contribution in [0.4, 0.5) is 13.2 Å². The number of aromatic nitrogens is 1. The molecule has 0 unspecified atom stereocenters. The molecule has 1 rings (SSSR count). The average Bonchev–Trinajstić information content (AvgIpc) is 2.50. The molecule has 1 aromatic heterocycles. The third-order valence-corrected chi connectivity index (χ3v) is 2.85. The summed E-state index contributed by atoms with van der Waals surface area (Å²) in [6.45, 7) is 2.80. The van der Waals surface area contributed by atoms with Crippen LogP contribution in [0.5, 0.6) is 0 Å². The van der Waals surface area contributed by atoms with Crippen LogP contribution in [-0.2, 0) is 11.8 Å². The minimum atomic E-state index is -5.03. The molecule has 0 aliphatic carbocycles. The summed E-state index contributed by atoms with van der Waals surface area (Å²) in [7, 11) is 2.52. The molecule has 100 valence electrons. The number of carbonyl (C=O) groups excluding carboxylic acids is 2. The Hall–Kier alpha value is -1.79. The van der Waals surface area contributed by atoms with Gasteiger partial charge in [-0.2, -0.15) is 13.2 Å². The predicted octanol–water partition coefficient (Wildman–Crippen LogP) is 2.17. The van der Waals surface area contributed by atoms with Crippen molar-refractivity contribution in [1.82, 2.24) is 4.57 Å². The first kappa shape index (κ1) is 14.3. The molecule has 7 heteroatoms. The number of esters is 1. The normalized spacial score (nSPS) is 11.5. The minimum absolute atomic E-state index is 0.0789. The van der Waals surface area contributed by atoms with E-state index < -0.39 is 23.5 Å². The lowest BCUT2D eigenvalue weighted by Gasteiger charge is -2.07. The molecule has 0 amide bonds. The number of hydrogen-bond acceptors (Lipinski definition) is 3. The van der Waals surface area contributed by atoms with E-state index in [2.05, 4.69) is 4.74 Å².